The number of hydrogen-bond acceptors (Lipinski definition) is 5. The maximum absolute atomic E-state index is 12.9. The number of nitrogens with one attached hydrogen (secondary N) is 3. The molecular weight excluding hydrogens is 448 g/mol. The van der Waals surface area contributed by atoms with Gasteiger partial charge in [-0.2, -0.15) is 0 Å². The molecule has 1 amide bonds. The highest BCUT2D eigenvalue weighted by Gasteiger charge is 2.14. The first-order chi connectivity index (χ1) is 17.5. The van der Waals surface area contributed by atoms with Crippen molar-refractivity contribution in [1.29, 1.82) is 0 Å². The van der Waals surface area contributed by atoms with Crippen LogP contribution in [0.15, 0.2) is 79.0 Å². The van der Waals surface area contributed by atoms with E-state index in [4.69, 9.17) is 0 Å². The number of hydrogen-bond donors (Lipinski definition) is 3. The lowest BCUT2D eigenvalue weighted by atomic mass is 10.1. The summed E-state index contributed by atoms with van der Waals surface area (Å²) >= 11 is 0. The summed E-state index contributed by atoms with van der Waals surface area (Å²) in [5, 5.41) is 6.36. The molecule has 1 saturated heterocycles. The van der Waals surface area contributed by atoms with Crippen molar-refractivity contribution in [3.8, 4) is 11.3 Å². The minimum atomic E-state index is -0.125. The largest absolute Gasteiger partial charge is 0.325 e. The summed E-state index contributed by atoms with van der Waals surface area (Å²) in [6.45, 7) is 7.29. The molecule has 184 valence electrons. The molecule has 0 atom stereocenters. The highest BCUT2D eigenvalue weighted by molar-refractivity contribution is 6.04. The molecule has 1 fully saturated rings. The zero-order valence-corrected chi connectivity index (χ0v) is 20.8. The third-order valence-corrected chi connectivity index (χ3v) is 6.63. The second-order valence-electron chi connectivity index (χ2n) is 9.40. The average Bonchev–Trinajstić information content (AvgIpc) is 3.37. The van der Waals surface area contributed by atoms with Crippen LogP contribution in [0.3, 0.4) is 0 Å². The van der Waals surface area contributed by atoms with Crippen LogP contribution in [0.2, 0.25) is 0 Å². The molecule has 0 spiro atoms. The number of imidazole rings is 1. The summed E-state index contributed by atoms with van der Waals surface area (Å²) in [5.74, 6) is 0.525. The topological polar surface area (TPSA) is 76.3 Å². The first-order valence-corrected chi connectivity index (χ1v) is 12.3. The van der Waals surface area contributed by atoms with Crippen molar-refractivity contribution in [2.75, 3.05) is 43.9 Å². The van der Waals surface area contributed by atoms with Crippen molar-refractivity contribution in [2.24, 2.45) is 0 Å². The van der Waals surface area contributed by atoms with Crippen LogP contribution >= 0.6 is 0 Å². The van der Waals surface area contributed by atoms with Gasteiger partial charge in [-0.25, -0.2) is 4.98 Å². The van der Waals surface area contributed by atoms with E-state index in [9.17, 15) is 4.79 Å². The van der Waals surface area contributed by atoms with Crippen LogP contribution in [0.4, 0.5) is 17.3 Å². The second-order valence-corrected chi connectivity index (χ2v) is 9.40. The van der Waals surface area contributed by atoms with E-state index in [1.54, 1.807) is 0 Å². The van der Waals surface area contributed by atoms with E-state index in [-0.39, 0.29) is 5.91 Å². The summed E-state index contributed by atoms with van der Waals surface area (Å²) in [6.07, 6.45) is 1.81. The highest BCUT2D eigenvalue weighted by atomic mass is 16.1. The number of piperazine rings is 1. The molecular formula is C29H32N6O. The molecule has 2 heterocycles. The van der Waals surface area contributed by atoms with Crippen molar-refractivity contribution in [3.63, 3.8) is 0 Å². The molecule has 0 saturated carbocycles. The van der Waals surface area contributed by atoms with E-state index in [1.165, 1.54) is 5.56 Å². The van der Waals surface area contributed by atoms with Gasteiger partial charge in [0.2, 0.25) is 5.95 Å². The molecule has 1 aliphatic heterocycles. The number of amides is 1. The van der Waals surface area contributed by atoms with Gasteiger partial charge in [0, 0.05) is 49.7 Å². The van der Waals surface area contributed by atoms with Gasteiger partial charge in [-0.3, -0.25) is 9.69 Å². The Labute approximate surface area is 212 Å². The predicted molar refractivity (Wildman–Crippen MR) is 146 cm³/mol. The molecule has 0 unspecified atom stereocenters. The molecule has 3 N–H and O–H groups in total. The van der Waals surface area contributed by atoms with Gasteiger partial charge in [0.25, 0.3) is 5.91 Å². The SMILES string of the molecule is Cc1ccc(NC(=O)c2ccc(CN3CCN(C)CC3)cc2)cc1Nc1ncc(-c2ccccc2)[nH]1. The zero-order chi connectivity index (χ0) is 24.9. The summed E-state index contributed by atoms with van der Waals surface area (Å²) in [4.78, 5) is 25.5. The van der Waals surface area contributed by atoms with Gasteiger partial charge in [0.05, 0.1) is 11.9 Å². The van der Waals surface area contributed by atoms with Gasteiger partial charge < -0.3 is 20.5 Å². The third kappa shape index (κ3) is 5.82. The maximum Gasteiger partial charge on any atom is 0.255 e. The molecule has 7 heteroatoms. The Morgan fingerprint density at radius 3 is 2.47 bits per heavy atom. The van der Waals surface area contributed by atoms with Crippen molar-refractivity contribution in [3.05, 3.63) is 95.7 Å². The van der Waals surface area contributed by atoms with Crippen molar-refractivity contribution in [1.82, 2.24) is 19.8 Å². The number of aromatic amines is 1. The van der Waals surface area contributed by atoms with Crippen LogP contribution in [0, 0.1) is 6.92 Å². The number of rotatable bonds is 7. The third-order valence-electron chi connectivity index (χ3n) is 6.63. The molecule has 4 aromatic rings. The van der Waals surface area contributed by atoms with Crippen LogP contribution < -0.4 is 10.6 Å². The number of benzene rings is 3. The van der Waals surface area contributed by atoms with E-state index in [2.05, 4.69) is 49.6 Å². The zero-order valence-electron chi connectivity index (χ0n) is 20.8. The molecule has 3 aromatic carbocycles. The Balaban J connectivity index is 1.22. The number of aryl methyl sites for hydroxylation is 1. The number of carbonyl (C=O) groups is 1. The number of nitrogens with zero attached hydrogens (tertiary/aromatic N) is 3. The van der Waals surface area contributed by atoms with Crippen molar-refractivity contribution in [2.45, 2.75) is 13.5 Å². The predicted octanol–water partition coefficient (Wildman–Crippen LogP) is 5.13. The Bertz CT molecular complexity index is 1310. The van der Waals surface area contributed by atoms with Gasteiger partial charge in [-0.1, -0.05) is 48.5 Å². The Kier molecular flexibility index (Phi) is 7.11. The van der Waals surface area contributed by atoms with E-state index < -0.39 is 0 Å². The Morgan fingerprint density at radius 2 is 1.72 bits per heavy atom. The van der Waals surface area contributed by atoms with Crippen LogP contribution in [0.1, 0.15) is 21.5 Å². The number of likely N-dealkylation sites (N-methyl/N-ethyl adjacent to an activating group) is 1. The van der Waals surface area contributed by atoms with Gasteiger partial charge in [-0.05, 0) is 54.9 Å². The Morgan fingerprint density at radius 1 is 0.972 bits per heavy atom. The highest BCUT2D eigenvalue weighted by Crippen LogP contribution is 2.25. The van der Waals surface area contributed by atoms with E-state index >= 15 is 0 Å². The summed E-state index contributed by atoms with van der Waals surface area (Å²) in [5.41, 5.74) is 6.55. The molecule has 7 nitrogen and oxygen atoms in total. The number of H-pyrrole nitrogens is 1. The molecule has 1 aliphatic rings. The van der Waals surface area contributed by atoms with Gasteiger partial charge in [0.1, 0.15) is 0 Å². The molecule has 0 aliphatic carbocycles. The first kappa shape index (κ1) is 23.8. The fourth-order valence-electron chi connectivity index (χ4n) is 4.34. The normalized spacial score (nSPS) is 14.5. The fourth-order valence-corrected chi connectivity index (χ4v) is 4.34. The Hall–Kier alpha value is -3.94. The van der Waals surface area contributed by atoms with Gasteiger partial charge in [-0.15, -0.1) is 0 Å². The summed E-state index contributed by atoms with van der Waals surface area (Å²) in [6, 6.07) is 23.8. The molecule has 1 aromatic heterocycles. The molecule has 0 bridgehead atoms. The van der Waals surface area contributed by atoms with E-state index in [1.807, 2.05) is 73.8 Å². The smallest absolute Gasteiger partial charge is 0.255 e. The van der Waals surface area contributed by atoms with E-state index in [0.29, 0.717) is 11.5 Å². The second kappa shape index (κ2) is 10.8. The number of carbonyl (C=O) groups excluding carboxylic acids is 1. The van der Waals surface area contributed by atoms with Crippen molar-refractivity contribution >= 4 is 23.2 Å². The van der Waals surface area contributed by atoms with Crippen LogP contribution in [-0.4, -0.2) is 58.9 Å². The fraction of sp³-hybridized carbons (Fsp3) is 0.241. The molecule has 5 rings (SSSR count). The molecule has 36 heavy (non-hydrogen) atoms. The maximum atomic E-state index is 12.9. The minimum absolute atomic E-state index is 0.125. The lowest BCUT2D eigenvalue weighted by molar-refractivity contribution is 0.102. The van der Waals surface area contributed by atoms with Crippen LogP contribution in [-0.2, 0) is 6.54 Å². The lowest BCUT2D eigenvalue weighted by Gasteiger charge is -2.32. The van der Waals surface area contributed by atoms with Crippen molar-refractivity contribution < 1.29 is 4.79 Å². The van der Waals surface area contributed by atoms with Crippen LogP contribution in [0.5, 0.6) is 0 Å². The number of aromatic nitrogens is 2. The standard InChI is InChI=1S/C29H32N6O/c1-21-8-13-25(18-26(21)32-29-30-19-27(33-29)23-6-4-3-5-7-23)31-28(36)24-11-9-22(10-12-24)20-35-16-14-34(2)15-17-35/h3-13,18-19H,14-17,20H2,1-2H3,(H,31,36)(H2,30,32,33). The number of anilines is 3. The average molecular weight is 481 g/mol. The molecule has 0 radical (unpaired) electrons. The van der Waals surface area contributed by atoms with E-state index in [0.717, 1.165) is 60.9 Å². The van der Waals surface area contributed by atoms with Gasteiger partial charge >= 0.3 is 0 Å². The lowest BCUT2D eigenvalue weighted by Crippen LogP contribution is -2.43. The first-order valence-electron chi connectivity index (χ1n) is 12.3. The minimum Gasteiger partial charge on any atom is -0.325 e. The summed E-state index contributed by atoms with van der Waals surface area (Å²) < 4.78 is 0. The van der Waals surface area contributed by atoms with Gasteiger partial charge in [0.15, 0.2) is 0 Å². The van der Waals surface area contributed by atoms with Crippen LogP contribution in [0.25, 0.3) is 11.3 Å². The summed E-state index contributed by atoms with van der Waals surface area (Å²) in [7, 11) is 2.16. The monoisotopic (exact) mass is 480 g/mol. The quantitative estimate of drug-likeness (QED) is 0.342.